The van der Waals surface area contributed by atoms with Crippen LogP contribution in [-0.4, -0.2) is 99.2 Å². The molecule has 2 atom stereocenters. The van der Waals surface area contributed by atoms with E-state index in [2.05, 4.69) is 39.6 Å². The highest BCUT2D eigenvalue weighted by Gasteiger charge is 2.36. The topological polar surface area (TPSA) is 49.8 Å². The number of morpholine rings is 1. The van der Waals surface area contributed by atoms with Gasteiger partial charge in [0.05, 0.1) is 13.2 Å². The Morgan fingerprint density at radius 1 is 1.05 bits per heavy atom. The van der Waals surface area contributed by atoms with E-state index in [1.165, 1.54) is 51.5 Å². The van der Waals surface area contributed by atoms with E-state index in [9.17, 15) is 4.39 Å². The predicted octanol–water partition coefficient (Wildman–Crippen LogP) is 5.15. The largest absolute Gasteiger partial charge is 0.423 e. The molecular formula is C31H49FN4O3. The third-order valence-corrected chi connectivity index (χ3v) is 8.50. The summed E-state index contributed by atoms with van der Waals surface area (Å²) in [5.41, 5.74) is 2.68. The van der Waals surface area contributed by atoms with Gasteiger partial charge in [0.25, 0.3) is 0 Å². The molecule has 218 valence electrons. The van der Waals surface area contributed by atoms with E-state index in [0.29, 0.717) is 17.4 Å². The van der Waals surface area contributed by atoms with Crippen LogP contribution < -0.4 is 9.47 Å². The second-order valence-electron chi connectivity index (χ2n) is 11.4. The molecule has 1 saturated carbocycles. The smallest absolute Gasteiger partial charge is 0.404 e. The third-order valence-electron chi connectivity index (χ3n) is 8.50. The normalized spacial score (nSPS) is 25.6. The van der Waals surface area contributed by atoms with Gasteiger partial charge in [-0.15, -0.1) is 0 Å². The van der Waals surface area contributed by atoms with Crippen LogP contribution in [0.3, 0.4) is 0 Å². The van der Waals surface area contributed by atoms with Gasteiger partial charge in [0.1, 0.15) is 5.84 Å². The number of fused-ring (bicyclic) bond motifs is 1. The molecule has 8 heteroatoms. The molecule has 3 heterocycles. The van der Waals surface area contributed by atoms with Crippen LogP contribution in [0.1, 0.15) is 52.0 Å². The molecule has 0 N–H and O–H groups in total. The van der Waals surface area contributed by atoms with Crippen molar-refractivity contribution in [2.75, 3.05) is 72.6 Å². The Hall–Kier alpha value is -2.16. The first-order valence-corrected chi connectivity index (χ1v) is 14.9. The fraction of sp³-hybridized carbons (Fsp3) is 0.710. The molecule has 1 aliphatic carbocycles. The number of allylic oxidation sites excluding steroid dienone is 1. The van der Waals surface area contributed by atoms with Crippen molar-refractivity contribution in [1.29, 1.82) is 0 Å². The summed E-state index contributed by atoms with van der Waals surface area (Å²) in [7, 11) is 1.96. The summed E-state index contributed by atoms with van der Waals surface area (Å²) in [6.07, 6.45) is 7.83. The Kier molecular flexibility index (Phi) is 10.7. The van der Waals surface area contributed by atoms with Crippen molar-refractivity contribution < 1.29 is 18.6 Å². The van der Waals surface area contributed by atoms with Gasteiger partial charge in [-0.1, -0.05) is 31.9 Å². The molecule has 0 bridgehead atoms. The molecule has 2 unspecified atom stereocenters. The SMILES string of the molecule is CCC(C)/C(=C\C(=NC)N1CCN(CCN2CCOCC2)CC1)C1CCC1.Cc1ccc2c(c1)OC(C)(F)O2. The quantitative estimate of drug-likeness (QED) is 0.350. The fourth-order valence-electron chi connectivity index (χ4n) is 5.59. The lowest BCUT2D eigenvalue weighted by atomic mass is 9.74. The van der Waals surface area contributed by atoms with Gasteiger partial charge in [-0.05, 0) is 61.8 Å². The summed E-state index contributed by atoms with van der Waals surface area (Å²) >= 11 is 0. The number of rotatable bonds is 7. The second-order valence-corrected chi connectivity index (χ2v) is 11.4. The number of hydrogen-bond donors (Lipinski definition) is 0. The molecule has 7 nitrogen and oxygen atoms in total. The van der Waals surface area contributed by atoms with E-state index in [-0.39, 0.29) is 0 Å². The molecule has 0 amide bonds. The molecule has 0 aromatic heterocycles. The number of benzene rings is 1. The highest BCUT2D eigenvalue weighted by molar-refractivity contribution is 5.93. The summed E-state index contributed by atoms with van der Waals surface area (Å²) < 4.78 is 28.3. The Morgan fingerprint density at radius 3 is 2.28 bits per heavy atom. The number of nitrogens with zero attached hydrogens (tertiary/aromatic N) is 4. The van der Waals surface area contributed by atoms with Crippen LogP contribution in [0.2, 0.25) is 0 Å². The van der Waals surface area contributed by atoms with Crippen LogP contribution in [0, 0.1) is 18.8 Å². The Morgan fingerprint density at radius 2 is 1.69 bits per heavy atom. The van der Waals surface area contributed by atoms with E-state index >= 15 is 0 Å². The van der Waals surface area contributed by atoms with Crippen LogP contribution in [-0.2, 0) is 4.74 Å². The average Bonchev–Trinajstić information content (AvgIpc) is 3.22. The number of hydrogen-bond acceptors (Lipinski definition) is 6. The Bertz CT molecular complexity index is 973. The van der Waals surface area contributed by atoms with Gasteiger partial charge >= 0.3 is 6.04 Å². The molecule has 4 aliphatic rings. The van der Waals surface area contributed by atoms with Crippen molar-refractivity contribution in [3.63, 3.8) is 0 Å². The first kappa shape index (κ1) is 29.8. The van der Waals surface area contributed by atoms with E-state index < -0.39 is 6.04 Å². The molecule has 2 saturated heterocycles. The summed E-state index contributed by atoms with van der Waals surface area (Å²) in [5.74, 6) is 3.64. The Balaban J connectivity index is 0.000000243. The number of amidine groups is 1. The van der Waals surface area contributed by atoms with Crippen molar-refractivity contribution in [3.05, 3.63) is 35.4 Å². The van der Waals surface area contributed by atoms with Gasteiger partial charge in [-0.3, -0.25) is 14.8 Å². The lowest BCUT2D eigenvalue weighted by Gasteiger charge is -2.38. The highest BCUT2D eigenvalue weighted by atomic mass is 19.2. The van der Waals surface area contributed by atoms with Crippen molar-refractivity contribution in [2.24, 2.45) is 16.8 Å². The minimum atomic E-state index is -2.00. The predicted molar refractivity (Wildman–Crippen MR) is 155 cm³/mol. The first-order valence-electron chi connectivity index (χ1n) is 14.9. The molecule has 3 aliphatic heterocycles. The maximum absolute atomic E-state index is 13.1. The highest BCUT2D eigenvalue weighted by Crippen LogP contribution is 2.40. The average molecular weight is 545 g/mol. The van der Waals surface area contributed by atoms with Gasteiger partial charge in [-0.2, -0.15) is 4.39 Å². The van der Waals surface area contributed by atoms with Gasteiger partial charge in [-0.25, -0.2) is 0 Å². The number of ether oxygens (including phenoxy) is 3. The van der Waals surface area contributed by atoms with Crippen LogP contribution in [0.15, 0.2) is 34.8 Å². The standard InChI is InChI=1S/C22H40N4O.C9H9FO2/c1-4-19(2)21(20-6-5-7-20)18-22(23-3)26-12-10-24(11-13-26)8-9-25-14-16-27-17-15-25;1-6-3-4-7-8(5-6)12-9(2,10)11-7/h18-20H,4-17H2,1-3H3;3-5H,1-2H3/b21-18+,23-22?;. The molecular weight excluding hydrogens is 495 g/mol. The van der Waals surface area contributed by atoms with E-state index in [0.717, 1.165) is 64.0 Å². The molecule has 5 rings (SSSR count). The van der Waals surface area contributed by atoms with Crippen molar-refractivity contribution in [3.8, 4) is 11.5 Å². The molecule has 1 aromatic rings. The van der Waals surface area contributed by atoms with Crippen molar-refractivity contribution in [1.82, 2.24) is 14.7 Å². The number of halogens is 1. The summed E-state index contributed by atoms with van der Waals surface area (Å²) in [6, 6.07) is 3.30. The molecule has 39 heavy (non-hydrogen) atoms. The van der Waals surface area contributed by atoms with Gasteiger partial charge < -0.3 is 19.1 Å². The zero-order valence-corrected chi connectivity index (χ0v) is 24.8. The second kappa shape index (κ2) is 14.0. The van der Waals surface area contributed by atoms with E-state index in [1.54, 1.807) is 17.7 Å². The zero-order chi connectivity index (χ0) is 27.8. The third kappa shape index (κ3) is 8.41. The van der Waals surface area contributed by atoms with Crippen LogP contribution in [0.25, 0.3) is 0 Å². The van der Waals surface area contributed by atoms with Crippen LogP contribution in [0.4, 0.5) is 4.39 Å². The summed E-state index contributed by atoms with van der Waals surface area (Å²) in [4.78, 5) is 12.3. The lowest BCUT2D eigenvalue weighted by Crippen LogP contribution is -2.50. The molecule has 0 spiro atoms. The lowest BCUT2D eigenvalue weighted by molar-refractivity contribution is -0.173. The maximum Gasteiger partial charge on any atom is 0.404 e. The fourth-order valence-corrected chi connectivity index (χ4v) is 5.59. The van der Waals surface area contributed by atoms with E-state index in [1.807, 2.05) is 20.0 Å². The minimum Gasteiger partial charge on any atom is -0.423 e. The number of aryl methyl sites for hydroxylation is 1. The van der Waals surface area contributed by atoms with Gasteiger partial charge in [0.15, 0.2) is 11.5 Å². The molecule has 1 aromatic carbocycles. The summed E-state index contributed by atoms with van der Waals surface area (Å²) in [5, 5.41) is 0. The molecule has 3 fully saturated rings. The number of piperazine rings is 1. The Labute approximate surface area is 235 Å². The first-order chi connectivity index (χ1) is 18.8. The van der Waals surface area contributed by atoms with E-state index in [4.69, 9.17) is 14.2 Å². The zero-order valence-electron chi connectivity index (χ0n) is 24.8. The van der Waals surface area contributed by atoms with Crippen LogP contribution >= 0.6 is 0 Å². The number of alkyl halides is 1. The number of aliphatic imine (C=N–C) groups is 1. The van der Waals surface area contributed by atoms with Crippen molar-refractivity contribution >= 4 is 5.84 Å². The monoisotopic (exact) mass is 544 g/mol. The summed E-state index contributed by atoms with van der Waals surface area (Å²) in [6.45, 7) is 18.7. The van der Waals surface area contributed by atoms with Gasteiger partial charge in [0.2, 0.25) is 0 Å². The minimum absolute atomic E-state index is 0.464. The molecule has 0 radical (unpaired) electrons. The van der Waals surface area contributed by atoms with Gasteiger partial charge in [0, 0.05) is 66.3 Å². The maximum atomic E-state index is 13.1. The van der Waals surface area contributed by atoms with Crippen LogP contribution in [0.5, 0.6) is 11.5 Å². The van der Waals surface area contributed by atoms with Crippen molar-refractivity contribution in [2.45, 2.75) is 59.4 Å².